The highest BCUT2D eigenvalue weighted by molar-refractivity contribution is 6.05. The summed E-state index contributed by atoms with van der Waals surface area (Å²) >= 11 is 0. The largest absolute Gasteiger partial charge is 0.463 e. The standard InChI is InChI=1S/C36H42N4O7/c1-3-38(4-2)25-14-16-26(17-15-25)39-20-10-6-9-13-29(42)46-23-27(24-11-7-5-8-12-24)37-33(43)30-28-18-19-36(47-28)31(30)34(44)40(21-22-41)32(36)35(39)45/h5-8,10-12,14-19,27-28,30-32,41H,3-4,9,13,20-23H2,1-2H3,(H,37,43)/b10-6-/t27-,28-,30+,31+,32-,36+/m1/s1. The Labute approximate surface area is 274 Å². The number of cyclic esters (lactones) is 1. The summed E-state index contributed by atoms with van der Waals surface area (Å²) in [4.78, 5) is 60.9. The van der Waals surface area contributed by atoms with Crippen LogP contribution >= 0.6 is 0 Å². The lowest BCUT2D eigenvalue weighted by atomic mass is 9.74. The minimum Gasteiger partial charge on any atom is -0.463 e. The molecule has 0 unspecified atom stereocenters. The molecule has 2 N–H and O–H groups in total. The number of allylic oxidation sites excluding steroid dienone is 1. The van der Waals surface area contributed by atoms with Crippen LogP contribution in [0.5, 0.6) is 0 Å². The number of carbonyl (C=O) groups is 4. The first-order chi connectivity index (χ1) is 22.8. The van der Waals surface area contributed by atoms with Crippen LogP contribution in [0.3, 0.4) is 0 Å². The average molecular weight is 643 g/mol. The van der Waals surface area contributed by atoms with E-state index in [-0.39, 0.29) is 38.6 Å². The maximum absolute atomic E-state index is 14.8. The predicted molar refractivity (Wildman–Crippen MR) is 175 cm³/mol. The molecule has 11 heteroatoms. The molecule has 4 aliphatic heterocycles. The summed E-state index contributed by atoms with van der Waals surface area (Å²) in [6, 6.07) is 15.1. The van der Waals surface area contributed by atoms with Crippen molar-refractivity contribution in [2.75, 3.05) is 49.2 Å². The van der Waals surface area contributed by atoms with Gasteiger partial charge in [-0.3, -0.25) is 19.2 Å². The second-order valence-electron chi connectivity index (χ2n) is 12.3. The first kappa shape index (κ1) is 32.5. The van der Waals surface area contributed by atoms with Crippen LogP contribution in [0, 0.1) is 11.8 Å². The van der Waals surface area contributed by atoms with Crippen molar-refractivity contribution < 1.29 is 33.8 Å². The molecule has 47 heavy (non-hydrogen) atoms. The molecule has 0 aliphatic carbocycles. The van der Waals surface area contributed by atoms with E-state index in [0.29, 0.717) is 12.1 Å². The van der Waals surface area contributed by atoms with Crippen LogP contribution in [0.25, 0.3) is 0 Å². The van der Waals surface area contributed by atoms with Crippen LogP contribution in [-0.2, 0) is 28.7 Å². The van der Waals surface area contributed by atoms with E-state index >= 15 is 0 Å². The molecular weight excluding hydrogens is 600 g/mol. The fraction of sp³-hybridized carbons (Fsp3) is 0.444. The fourth-order valence-corrected chi connectivity index (χ4v) is 7.42. The third-order valence-electron chi connectivity index (χ3n) is 9.71. The van der Waals surface area contributed by atoms with Gasteiger partial charge >= 0.3 is 5.97 Å². The lowest BCUT2D eigenvalue weighted by molar-refractivity contribution is -0.145. The summed E-state index contributed by atoms with van der Waals surface area (Å²) < 4.78 is 12.1. The van der Waals surface area contributed by atoms with E-state index in [1.165, 1.54) is 4.90 Å². The maximum atomic E-state index is 14.8. The van der Waals surface area contributed by atoms with Crippen molar-refractivity contribution in [3.63, 3.8) is 0 Å². The third-order valence-corrected chi connectivity index (χ3v) is 9.71. The molecule has 248 valence electrons. The molecule has 4 aliphatic rings. The lowest BCUT2D eigenvalue weighted by Gasteiger charge is -2.36. The van der Waals surface area contributed by atoms with Crippen molar-refractivity contribution in [2.24, 2.45) is 11.8 Å². The number of likely N-dealkylation sites (tertiary alicyclic amines) is 1. The van der Waals surface area contributed by atoms with Gasteiger partial charge in [0.25, 0.3) is 5.91 Å². The number of hydrogen-bond acceptors (Lipinski definition) is 8. The minimum absolute atomic E-state index is 0.0782. The predicted octanol–water partition coefficient (Wildman–Crippen LogP) is 2.76. The Hall–Kier alpha value is -4.48. The quantitative estimate of drug-likeness (QED) is 0.349. The van der Waals surface area contributed by atoms with Crippen molar-refractivity contribution in [3.8, 4) is 0 Å². The number of hydrogen-bond donors (Lipinski definition) is 2. The highest BCUT2D eigenvalue weighted by Gasteiger charge is 2.73. The summed E-state index contributed by atoms with van der Waals surface area (Å²) in [6.45, 7) is 5.47. The number of ether oxygens (including phenoxy) is 2. The van der Waals surface area contributed by atoms with Gasteiger partial charge in [0.15, 0.2) is 0 Å². The van der Waals surface area contributed by atoms with Crippen LogP contribution in [-0.4, -0.2) is 90.8 Å². The molecule has 2 aromatic carbocycles. The highest BCUT2D eigenvalue weighted by atomic mass is 16.5. The first-order valence-electron chi connectivity index (χ1n) is 16.4. The Morgan fingerprint density at radius 2 is 1.72 bits per heavy atom. The second kappa shape index (κ2) is 13.7. The molecule has 1 spiro atoms. The van der Waals surface area contributed by atoms with Crippen LogP contribution in [0.1, 0.15) is 38.3 Å². The summed E-state index contributed by atoms with van der Waals surface area (Å²) in [5.74, 6) is -3.54. The highest BCUT2D eigenvalue weighted by Crippen LogP contribution is 2.55. The number of β-amino-alcohol motifs (C(OH)–C–C–N with tert-alkyl or cyclic N) is 1. The zero-order chi connectivity index (χ0) is 33.1. The molecular formula is C36H42N4O7. The summed E-state index contributed by atoms with van der Waals surface area (Å²) in [5.41, 5.74) is 1.00. The molecule has 0 saturated carbocycles. The van der Waals surface area contributed by atoms with Crippen LogP contribution in [0.2, 0.25) is 0 Å². The summed E-state index contributed by atoms with van der Waals surface area (Å²) in [6.07, 6.45) is 6.97. The van der Waals surface area contributed by atoms with Gasteiger partial charge in [-0.2, -0.15) is 0 Å². The fourth-order valence-electron chi connectivity index (χ4n) is 7.42. The molecule has 2 fully saturated rings. The molecule has 4 heterocycles. The van der Waals surface area contributed by atoms with Gasteiger partial charge in [-0.15, -0.1) is 0 Å². The van der Waals surface area contributed by atoms with E-state index in [4.69, 9.17) is 9.47 Å². The number of rotatable bonds is 7. The van der Waals surface area contributed by atoms with Gasteiger partial charge in [0.1, 0.15) is 18.2 Å². The Morgan fingerprint density at radius 1 is 0.979 bits per heavy atom. The monoisotopic (exact) mass is 642 g/mol. The maximum Gasteiger partial charge on any atom is 0.306 e. The van der Waals surface area contributed by atoms with Crippen molar-refractivity contribution in [3.05, 3.63) is 84.5 Å². The smallest absolute Gasteiger partial charge is 0.306 e. The lowest BCUT2D eigenvalue weighted by Crippen LogP contribution is -2.56. The number of aliphatic hydroxyl groups excluding tert-OH is 1. The average Bonchev–Trinajstić information content (AvgIpc) is 3.73. The first-order valence-corrected chi connectivity index (χ1v) is 16.4. The zero-order valence-electron chi connectivity index (χ0n) is 26.8. The Balaban J connectivity index is 1.40. The zero-order valence-corrected chi connectivity index (χ0v) is 26.8. The van der Waals surface area contributed by atoms with Crippen molar-refractivity contribution in [2.45, 2.75) is 50.5 Å². The number of nitrogens with one attached hydrogen (secondary N) is 1. The van der Waals surface area contributed by atoms with Gasteiger partial charge in [0.2, 0.25) is 11.8 Å². The number of esters is 1. The van der Waals surface area contributed by atoms with Crippen molar-refractivity contribution in [1.29, 1.82) is 0 Å². The number of carbonyl (C=O) groups excluding carboxylic acids is 4. The molecule has 2 saturated heterocycles. The normalized spacial score (nSPS) is 29.9. The molecule has 11 nitrogen and oxygen atoms in total. The number of aliphatic hydroxyl groups is 1. The van der Waals surface area contributed by atoms with E-state index < -0.39 is 53.4 Å². The third kappa shape index (κ3) is 5.94. The number of benzene rings is 2. The van der Waals surface area contributed by atoms with Crippen LogP contribution < -0.4 is 15.1 Å². The van der Waals surface area contributed by atoms with E-state index in [9.17, 15) is 24.3 Å². The molecule has 2 aromatic rings. The SMILES string of the molecule is CCN(CC)c1ccc(N2C/C=C\CCC(=O)OC[C@H](c3ccccc3)NC(=O)[C@@H]3[C@H]4C(=O)N(CCO)[C@H](C2=O)[C@]42C=C[C@H]3O2)cc1. The molecule has 6 rings (SSSR count). The van der Waals surface area contributed by atoms with Gasteiger partial charge in [0, 0.05) is 44.0 Å². The van der Waals surface area contributed by atoms with E-state index in [1.807, 2.05) is 66.7 Å². The topological polar surface area (TPSA) is 129 Å². The number of anilines is 2. The van der Waals surface area contributed by atoms with Gasteiger partial charge in [0.05, 0.1) is 30.6 Å². The summed E-state index contributed by atoms with van der Waals surface area (Å²) in [7, 11) is 0. The molecule has 3 amide bonds. The second-order valence-corrected chi connectivity index (χ2v) is 12.3. The Bertz CT molecular complexity index is 1540. The van der Waals surface area contributed by atoms with Crippen molar-refractivity contribution in [1.82, 2.24) is 10.2 Å². The van der Waals surface area contributed by atoms with E-state index in [0.717, 1.165) is 24.3 Å². The van der Waals surface area contributed by atoms with Gasteiger partial charge in [-0.1, -0.05) is 54.6 Å². The number of amides is 3. The summed E-state index contributed by atoms with van der Waals surface area (Å²) in [5, 5.41) is 13.0. The Kier molecular flexibility index (Phi) is 9.47. The molecule has 0 radical (unpaired) electrons. The molecule has 5 bridgehead atoms. The van der Waals surface area contributed by atoms with E-state index in [1.54, 1.807) is 17.1 Å². The molecule has 6 atom stereocenters. The van der Waals surface area contributed by atoms with Gasteiger partial charge < -0.3 is 34.6 Å². The van der Waals surface area contributed by atoms with Gasteiger partial charge in [-0.05, 0) is 50.1 Å². The number of nitrogens with zero attached hydrogens (tertiary/aromatic N) is 3. The molecule has 0 aromatic heterocycles. The van der Waals surface area contributed by atoms with Crippen molar-refractivity contribution >= 4 is 35.1 Å². The van der Waals surface area contributed by atoms with E-state index in [2.05, 4.69) is 24.1 Å². The Morgan fingerprint density at radius 3 is 2.43 bits per heavy atom. The van der Waals surface area contributed by atoms with Gasteiger partial charge in [-0.25, -0.2) is 0 Å². The number of fused-ring (bicyclic) bond motifs is 2. The van der Waals surface area contributed by atoms with Crippen LogP contribution in [0.15, 0.2) is 78.9 Å². The minimum atomic E-state index is -1.39. The van der Waals surface area contributed by atoms with Crippen LogP contribution in [0.4, 0.5) is 11.4 Å².